The summed E-state index contributed by atoms with van der Waals surface area (Å²) in [5, 5.41) is 9.37. The highest BCUT2D eigenvalue weighted by atomic mass is 32.2. The first-order valence-corrected chi connectivity index (χ1v) is 11.3. The van der Waals surface area contributed by atoms with Crippen LogP contribution in [-0.4, -0.2) is 26.4 Å². The van der Waals surface area contributed by atoms with Crippen molar-refractivity contribution in [2.24, 2.45) is 5.73 Å². The van der Waals surface area contributed by atoms with Crippen LogP contribution in [0.4, 0.5) is 0 Å². The summed E-state index contributed by atoms with van der Waals surface area (Å²) in [7, 11) is 0. The van der Waals surface area contributed by atoms with E-state index in [4.69, 9.17) is 5.73 Å². The number of amides is 1. The van der Waals surface area contributed by atoms with Crippen molar-refractivity contribution in [3.8, 4) is 5.69 Å². The zero-order valence-corrected chi connectivity index (χ0v) is 17.7. The Morgan fingerprint density at radius 3 is 2.39 bits per heavy atom. The third kappa shape index (κ3) is 5.39. The van der Waals surface area contributed by atoms with Gasteiger partial charge in [0.15, 0.2) is 5.16 Å². The Labute approximate surface area is 174 Å². The second-order valence-electron chi connectivity index (χ2n) is 6.71. The number of hydrogen-bond acceptors (Lipinski definition) is 5. The molecule has 0 unspecified atom stereocenters. The monoisotopic (exact) mass is 412 g/mol. The van der Waals surface area contributed by atoms with Crippen molar-refractivity contribution in [1.82, 2.24) is 14.8 Å². The van der Waals surface area contributed by atoms with Gasteiger partial charge in [0, 0.05) is 11.4 Å². The highest BCUT2D eigenvalue weighted by Gasteiger charge is 2.15. The number of thioether (sulfide) groups is 2. The molecule has 1 amide bonds. The summed E-state index contributed by atoms with van der Waals surface area (Å²) < 4.78 is 2.02. The molecule has 1 heterocycles. The molecule has 7 heteroatoms. The van der Waals surface area contributed by atoms with Crippen molar-refractivity contribution in [2.45, 2.75) is 36.4 Å². The summed E-state index contributed by atoms with van der Waals surface area (Å²) in [5.74, 6) is 2.79. The number of carbonyl (C=O) groups is 1. The lowest BCUT2D eigenvalue weighted by Gasteiger charge is -2.12. The first-order valence-electron chi connectivity index (χ1n) is 9.12. The van der Waals surface area contributed by atoms with Crippen LogP contribution < -0.4 is 5.73 Å². The maximum atomic E-state index is 11.2. The Hall–Kier alpha value is -2.25. The first kappa shape index (κ1) is 20.5. The van der Waals surface area contributed by atoms with Gasteiger partial charge in [0.2, 0.25) is 5.91 Å². The second kappa shape index (κ2) is 9.80. The van der Waals surface area contributed by atoms with Gasteiger partial charge in [-0.3, -0.25) is 9.36 Å². The Kier molecular flexibility index (Phi) is 7.17. The highest BCUT2D eigenvalue weighted by Crippen LogP contribution is 2.26. The van der Waals surface area contributed by atoms with Crippen LogP contribution in [-0.2, 0) is 16.3 Å². The van der Waals surface area contributed by atoms with E-state index in [9.17, 15) is 4.79 Å². The number of aromatic nitrogens is 3. The van der Waals surface area contributed by atoms with Gasteiger partial charge in [0.1, 0.15) is 5.82 Å². The molecule has 28 heavy (non-hydrogen) atoms. The van der Waals surface area contributed by atoms with E-state index in [1.807, 2.05) is 22.8 Å². The predicted octanol–water partition coefficient (Wildman–Crippen LogP) is 4.40. The van der Waals surface area contributed by atoms with Crippen LogP contribution in [0.1, 0.15) is 36.7 Å². The molecule has 0 saturated heterocycles. The van der Waals surface area contributed by atoms with Gasteiger partial charge in [-0.2, -0.15) is 0 Å². The molecule has 3 aromatic rings. The fourth-order valence-electron chi connectivity index (χ4n) is 2.73. The van der Waals surface area contributed by atoms with Crippen molar-refractivity contribution in [2.75, 3.05) is 5.75 Å². The van der Waals surface area contributed by atoms with E-state index in [1.54, 1.807) is 11.8 Å². The predicted molar refractivity (Wildman–Crippen MR) is 117 cm³/mol. The molecule has 0 bridgehead atoms. The van der Waals surface area contributed by atoms with Gasteiger partial charge >= 0.3 is 0 Å². The van der Waals surface area contributed by atoms with E-state index in [0.717, 1.165) is 23.0 Å². The fraction of sp³-hybridized carbons (Fsp3) is 0.286. The van der Waals surface area contributed by atoms with Gasteiger partial charge < -0.3 is 5.73 Å². The molecule has 2 N–H and O–H groups in total. The molecule has 0 aliphatic heterocycles. The molecule has 3 rings (SSSR count). The smallest absolute Gasteiger partial charge is 0.227 e. The number of hydrogen-bond donors (Lipinski definition) is 1. The van der Waals surface area contributed by atoms with Gasteiger partial charge in [-0.1, -0.05) is 68.1 Å². The van der Waals surface area contributed by atoms with Crippen molar-refractivity contribution in [1.29, 1.82) is 0 Å². The third-order valence-corrected chi connectivity index (χ3v) is 6.16. The number of nitrogens with zero attached hydrogens (tertiary/aromatic N) is 3. The SMILES string of the molecule is CC(C)c1ccc(-n2c(CSCc3ccccc3)nnc2SCC(N)=O)cc1. The van der Waals surface area contributed by atoms with E-state index in [2.05, 4.69) is 60.4 Å². The van der Waals surface area contributed by atoms with Crippen LogP contribution in [0.25, 0.3) is 5.69 Å². The molecule has 0 aliphatic rings. The summed E-state index contributed by atoms with van der Waals surface area (Å²) >= 11 is 3.11. The third-order valence-electron chi connectivity index (χ3n) is 4.20. The van der Waals surface area contributed by atoms with Crippen molar-refractivity contribution in [3.63, 3.8) is 0 Å². The first-order chi connectivity index (χ1) is 13.5. The minimum atomic E-state index is -0.366. The van der Waals surface area contributed by atoms with E-state index >= 15 is 0 Å². The van der Waals surface area contributed by atoms with Gasteiger partial charge in [0.25, 0.3) is 0 Å². The number of benzene rings is 2. The Bertz CT molecular complexity index is 908. The van der Waals surface area contributed by atoms with Gasteiger partial charge in [-0.05, 0) is 29.2 Å². The Balaban J connectivity index is 1.81. The second-order valence-corrected chi connectivity index (χ2v) is 8.64. The molecule has 0 atom stereocenters. The molecule has 5 nitrogen and oxygen atoms in total. The lowest BCUT2D eigenvalue weighted by atomic mass is 10.0. The largest absolute Gasteiger partial charge is 0.369 e. The van der Waals surface area contributed by atoms with E-state index < -0.39 is 0 Å². The number of carbonyl (C=O) groups excluding carboxylic acids is 1. The van der Waals surface area contributed by atoms with Crippen LogP contribution in [0.3, 0.4) is 0 Å². The fourth-order valence-corrected chi connectivity index (χ4v) is 4.33. The highest BCUT2D eigenvalue weighted by molar-refractivity contribution is 7.99. The average Bonchev–Trinajstić information content (AvgIpc) is 3.10. The van der Waals surface area contributed by atoms with Gasteiger partial charge in [-0.25, -0.2) is 0 Å². The molecule has 146 valence electrons. The van der Waals surface area contributed by atoms with Crippen LogP contribution in [0.15, 0.2) is 59.8 Å². The van der Waals surface area contributed by atoms with Crippen LogP contribution in [0.5, 0.6) is 0 Å². The lowest BCUT2D eigenvalue weighted by molar-refractivity contribution is -0.115. The van der Waals surface area contributed by atoms with Crippen molar-refractivity contribution < 1.29 is 4.79 Å². The molecule has 0 aliphatic carbocycles. The van der Waals surface area contributed by atoms with Crippen molar-refractivity contribution >= 4 is 29.4 Å². The summed E-state index contributed by atoms with van der Waals surface area (Å²) in [6.45, 7) is 4.35. The number of primary amides is 1. The molecule has 0 radical (unpaired) electrons. The maximum Gasteiger partial charge on any atom is 0.227 e. The summed E-state index contributed by atoms with van der Waals surface area (Å²) in [6, 6.07) is 18.8. The summed E-state index contributed by atoms with van der Waals surface area (Å²) in [5.41, 5.74) is 8.87. The van der Waals surface area contributed by atoms with Gasteiger partial charge in [-0.15, -0.1) is 22.0 Å². The van der Waals surface area contributed by atoms with E-state index in [1.165, 1.54) is 22.9 Å². The minimum Gasteiger partial charge on any atom is -0.369 e. The van der Waals surface area contributed by atoms with Crippen molar-refractivity contribution in [3.05, 3.63) is 71.5 Å². The lowest BCUT2D eigenvalue weighted by Crippen LogP contribution is -2.14. The zero-order chi connectivity index (χ0) is 19.9. The van der Waals surface area contributed by atoms with E-state index in [0.29, 0.717) is 11.1 Å². The molecule has 0 fully saturated rings. The normalized spacial score (nSPS) is 11.1. The molecule has 2 aromatic carbocycles. The zero-order valence-electron chi connectivity index (χ0n) is 16.0. The number of rotatable bonds is 9. The van der Waals surface area contributed by atoms with Crippen LogP contribution >= 0.6 is 23.5 Å². The molecule has 1 aromatic heterocycles. The molecule has 0 saturated carbocycles. The van der Waals surface area contributed by atoms with Crippen LogP contribution in [0, 0.1) is 0 Å². The molecular weight excluding hydrogens is 388 g/mol. The molecular formula is C21H24N4OS2. The van der Waals surface area contributed by atoms with E-state index in [-0.39, 0.29) is 11.7 Å². The van der Waals surface area contributed by atoms with Crippen LogP contribution in [0.2, 0.25) is 0 Å². The Morgan fingerprint density at radius 1 is 1.04 bits per heavy atom. The quantitative estimate of drug-likeness (QED) is 0.527. The standard InChI is InChI=1S/C21H24N4OS2/c1-15(2)17-8-10-18(11-9-17)25-20(23-24-21(25)28-13-19(22)26)14-27-12-16-6-4-3-5-7-16/h3-11,15H,12-14H2,1-2H3,(H2,22,26). The summed E-state index contributed by atoms with van der Waals surface area (Å²) in [6.07, 6.45) is 0. The van der Waals surface area contributed by atoms with Gasteiger partial charge in [0.05, 0.1) is 11.5 Å². The maximum absolute atomic E-state index is 11.2. The topological polar surface area (TPSA) is 73.8 Å². The summed E-state index contributed by atoms with van der Waals surface area (Å²) in [4.78, 5) is 11.2. The minimum absolute atomic E-state index is 0.180. The average molecular weight is 413 g/mol. The number of nitrogens with two attached hydrogens (primary N) is 1. The molecule has 0 spiro atoms. The Morgan fingerprint density at radius 2 is 1.75 bits per heavy atom.